The number of thiocarbonyl (C=S) groups is 1. The van der Waals surface area contributed by atoms with Crippen LogP contribution in [-0.4, -0.2) is 28.9 Å². The lowest BCUT2D eigenvalue weighted by molar-refractivity contribution is 0.0752. The number of carbonyl (C=O) groups is 1. The highest BCUT2D eigenvalue weighted by Crippen LogP contribution is 2.13. The van der Waals surface area contributed by atoms with Crippen LogP contribution in [-0.2, 0) is 0 Å². The molecule has 0 aliphatic rings. The Hall–Kier alpha value is -1.42. The highest BCUT2D eigenvalue weighted by molar-refractivity contribution is 7.80. The van der Waals surface area contributed by atoms with Crippen LogP contribution in [0.5, 0.6) is 0 Å². The Bertz CT molecular complexity index is 471. The van der Waals surface area contributed by atoms with Crippen molar-refractivity contribution in [3.05, 3.63) is 35.4 Å². The molecule has 4 heteroatoms. The molecule has 1 rings (SSSR count). The molecule has 0 atom stereocenters. The van der Waals surface area contributed by atoms with Gasteiger partial charge in [-0.3, -0.25) is 4.79 Å². The number of rotatable bonds is 7. The topological polar surface area (TPSA) is 46.3 Å². The van der Waals surface area contributed by atoms with Gasteiger partial charge in [-0.15, -0.1) is 0 Å². The Labute approximate surface area is 127 Å². The number of nitrogens with two attached hydrogens (primary N) is 1. The molecule has 1 aromatic carbocycles. The Morgan fingerprint density at radius 3 is 2.50 bits per heavy atom. The van der Waals surface area contributed by atoms with Crippen LogP contribution in [0.4, 0.5) is 0 Å². The monoisotopic (exact) mass is 292 g/mol. The molecule has 0 spiro atoms. The summed E-state index contributed by atoms with van der Waals surface area (Å²) in [6, 6.07) is 7.68. The van der Waals surface area contributed by atoms with Gasteiger partial charge in [0.05, 0.1) is 4.99 Å². The van der Waals surface area contributed by atoms with Crippen LogP contribution in [0, 0.1) is 12.8 Å². The molecule has 0 heterocycles. The summed E-state index contributed by atoms with van der Waals surface area (Å²) < 4.78 is 0. The molecule has 110 valence electrons. The lowest BCUT2D eigenvalue weighted by Gasteiger charge is -2.24. The summed E-state index contributed by atoms with van der Waals surface area (Å²) in [4.78, 5) is 15.0. The van der Waals surface area contributed by atoms with E-state index in [4.69, 9.17) is 18.0 Å². The van der Waals surface area contributed by atoms with Gasteiger partial charge >= 0.3 is 0 Å². The third-order valence-electron chi connectivity index (χ3n) is 3.27. The van der Waals surface area contributed by atoms with E-state index in [1.54, 1.807) is 0 Å². The molecular formula is C16H24N2OS. The van der Waals surface area contributed by atoms with Crippen molar-refractivity contribution >= 4 is 23.1 Å². The summed E-state index contributed by atoms with van der Waals surface area (Å²) in [6.45, 7) is 7.61. The van der Waals surface area contributed by atoms with Crippen molar-refractivity contribution in [2.24, 2.45) is 11.7 Å². The van der Waals surface area contributed by atoms with Crippen molar-refractivity contribution in [2.45, 2.75) is 33.6 Å². The van der Waals surface area contributed by atoms with E-state index in [0.717, 1.165) is 24.1 Å². The number of hydrogen-bond donors (Lipinski definition) is 1. The van der Waals surface area contributed by atoms with Gasteiger partial charge in [0.1, 0.15) is 0 Å². The highest BCUT2D eigenvalue weighted by atomic mass is 32.1. The second-order valence-corrected chi connectivity index (χ2v) is 6.03. The average molecular weight is 292 g/mol. The first-order valence-electron chi connectivity index (χ1n) is 7.05. The van der Waals surface area contributed by atoms with E-state index in [2.05, 4.69) is 13.8 Å². The van der Waals surface area contributed by atoms with Gasteiger partial charge in [0.15, 0.2) is 0 Å². The van der Waals surface area contributed by atoms with Crippen molar-refractivity contribution in [1.29, 1.82) is 0 Å². The molecule has 3 nitrogen and oxygen atoms in total. The quantitative estimate of drug-likeness (QED) is 0.785. The molecule has 20 heavy (non-hydrogen) atoms. The van der Waals surface area contributed by atoms with E-state index in [-0.39, 0.29) is 5.91 Å². The lowest BCUT2D eigenvalue weighted by atomic mass is 10.1. The Balaban J connectivity index is 2.82. The maximum atomic E-state index is 12.6. The predicted molar refractivity (Wildman–Crippen MR) is 87.9 cm³/mol. The molecule has 2 N–H and O–H groups in total. The molecule has 0 unspecified atom stereocenters. The minimum atomic E-state index is 0.0694. The Morgan fingerprint density at radius 2 is 1.95 bits per heavy atom. The summed E-state index contributed by atoms with van der Waals surface area (Å²) in [5, 5.41) is 0. The van der Waals surface area contributed by atoms with Gasteiger partial charge in [-0.05, 0) is 30.9 Å². The van der Waals surface area contributed by atoms with Crippen LogP contribution in [0.1, 0.15) is 42.6 Å². The third-order valence-corrected chi connectivity index (χ3v) is 3.47. The number of hydrogen-bond acceptors (Lipinski definition) is 2. The highest BCUT2D eigenvalue weighted by Gasteiger charge is 2.17. The normalized spacial score (nSPS) is 10.6. The van der Waals surface area contributed by atoms with Crippen LogP contribution in [0.3, 0.4) is 0 Å². The van der Waals surface area contributed by atoms with Gasteiger partial charge in [-0.25, -0.2) is 0 Å². The Morgan fingerprint density at radius 1 is 1.30 bits per heavy atom. The fraction of sp³-hybridized carbons (Fsp3) is 0.500. The molecule has 0 aromatic heterocycles. The predicted octanol–water partition coefficient (Wildman–Crippen LogP) is 3.16. The molecule has 0 aliphatic heterocycles. The number of amides is 1. The van der Waals surface area contributed by atoms with Crippen molar-refractivity contribution in [2.75, 3.05) is 13.1 Å². The zero-order valence-electron chi connectivity index (χ0n) is 12.6. The standard InChI is InChI=1S/C16H24N2OS/c1-12(2)8-10-18(11-9-15(17)20)16(19)14-7-5-4-6-13(14)3/h4-7,12H,8-11H2,1-3H3,(H2,17,20). The number of aryl methyl sites for hydroxylation is 1. The zero-order chi connectivity index (χ0) is 15.1. The van der Waals surface area contributed by atoms with Crippen LogP contribution >= 0.6 is 12.2 Å². The lowest BCUT2D eigenvalue weighted by Crippen LogP contribution is -2.35. The van der Waals surface area contributed by atoms with Crippen LogP contribution < -0.4 is 5.73 Å². The van der Waals surface area contributed by atoms with Gasteiger partial charge in [0.2, 0.25) is 0 Å². The van der Waals surface area contributed by atoms with Gasteiger partial charge in [0.25, 0.3) is 5.91 Å². The van der Waals surface area contributed by atoms with E-state index in [1.807, 2.05) is 36.1 Å². The summed E-state index contributed by atoms with van der Waals surface area (Å²) >= 11 is 4.92. The molecule has 1 amide bonds. The first kappa shape index (κ1) is 16.6. The molecule has 0 fully saturated rings. The summed E-state index contributed by atoms with van der Waals surface area (Å²) in [5.41, 5.74) is 7.32. The number of carbonyl (C=O) groups excluding carboxylic acids is 1. The van der Waals surface area contributed by atoms with Gasteiger partial charge in [-0.2, -0.15) is 0 Å². The molecule has 0 aliphatic carbocycles. The fourth-order valence-electron chi connectivity index (χ4n) is 1.96. The van der Waals surface area contributed by atoms with Crippen LogP contribution in [0.15, 0.2) is 24.3 Å². The third kappa shape index (κ3) is 5.29. The summed E-state index contributed by atoms with van der Waals surface area (Å²) in [6.07, 6.45) is 1.56. The summed E-state index contributed by atoms with van der Waals surface area (Å²) in [5.74, 6) is 0.631. The van der Waals surface area contributed by atoms with Gasteiger partial charge < -0.3 is 10.6 Å². The molecular weight excluding hydrogens is 268 g/mol. The first-order valence-corrected chi connectivity index (χ1v) is 7.46. The van der Waals surface area contributed by atoms with Crippen molar-refractivity contribution in [3.63, 3.8) is 0 Å². The second kappa shape index (κ2) is 8.00. The number of nitrogens with zero attached hydrogens (tertiary/aromatic N) is 1. The molecule has 1 aromatic rings. The van der Waals surface area contributed by atoms with Crippen LogP contribution in [0.25, 0.3) is 0 Å². The number of benzene rings is 1. The maximum absolute atomic E-state index is 12.6. The van der Waals surface area contributed by atoms with Crippen molar-refractivity contribution in [1.82, 2.24) is 4.90 Å². The molecule has 0 saturated carbocycles. The second-order valence-electron chi connectivity index (χ2n) is 5.51. The molecule has 0 radical (unpaired) electrons. The van der Waals surface area contributed by atoms with Crippen LogP contribution in [0.2, 0.25) is 0 Å². The van der Waals surface area contributed by atoms with E-state index in [0.29, 0.717) is 23.9 Å². The van der Waals surface area contributed by atoms with E-state index < -0.39 is 0 Å². The average Bonchev–Trinajstić information content (AvgIpc) is 2.38. The molecule has 0 bridgehead atoms. The van der Waals surface area contributed by atoms with E-state index >= 15 is 0 Å². The SMILES string of the molecule is Cc1ccccc1C(=O)N(CCC(N)=S)CCC(C)C. The largest absolute Gasteiger partial charge is 0.393 e. The fourth-order valence-corrected chi connectivity index (χ4v) is 2.05. The van der Waals surface area contributed by atoms with Crippen molar-refractivity contribution < 1.29 is 4.79 Å². The van der Waals surface area contributed by atoms with Gasteiger partial charge in [-0.1, -0.05) is 44.3 Å². The maximum Gasteiger partial charge on any atom is 0.254 e. The van der Waals surface area contributed by atoms with E-state index in [9.17, 15) is 4.79 Å². The first-order chi connectivity index (χ1) is 9.41. The summed E-state index contributed by atoms with van der Waals surface area (Å²) in [7, 11) is 0. The Kier molecular flexibility index (Phi) is 6.65. The smallest absolute Gasteiger partial charge is 0.254 e. The van der Waals surface area contributed by atoms with Gasteiger partial charge in [0, 0.05) is 25.1 Å². The van der Waals surface area contributed by atoms with E-state index in [1.165, 1.54) is 0 Å². The zero-order valence-corrected chi connectivity index (χ0v) is 13.4. The minimum Gasteiger partial charge on any atom is -0.393 e. The van der Waals surface area contributed by atoms with Crippen molar-refractivity contribution in [3.8, 4) is 0 Å². The molecule has 0 saturated heterocycles. The minimum absolute atomic E-state index is 0.0694.